The number of allylic oxidation sites excluding steroid dienone is 1. The lowest BCUT2D eigenvalue weighted by Crippen LogP contribution is -2.18. The summed E-state index contributed by atoms with van der Waals surface area (Å²) in [6.07, 6.45) is 2.98. The van der Waals surface area contributed by atoms with Crippen LogP contribution in [-0.4, -0.2) is 24.9 Å². The van der Waals surface area contributed by atoms with E-state index >= 15 is 0 Å². The summed E-state index contributed by atoms with van der Waals surface area (Å²) < 4.78 is 0. The largest absolute Gasteiger partial charge is 0.345 e. The first kappa shape index (κ1) is 8.77. The number of nitrogens with zero attached hydrogens (tertiary/aromatic N) is 1. The van der Waals surface area contributed by atoms with Crippen molar-refractivity contribution in [2.24, 2.45) is 0 Å². The number of hydrogen-bond donors (Lipinski definition) is 0. The Labute approximate surface area is 61.5 Å². The van der Waals surface area contributed by atoms with Crippen LogP contribution in [-0.2, 0) is 4.79 Å². The van der Waals surface area contributed by atoms with Crippen LogP contribution >= 0.6 is 0 Å². The van der Waals surface area contributed by atoms with Crippen LogP contribution < -0.4 is 0 Å². The third-order valence-corrected chi connectivity index (χ3v) is 0.894. The molecular weight excluding hydrogens is 126 g/mol. The monoisotopic (exact) mass is 137 g/mol. The van der Waals surface area contributed by atoms with Crippen molar-refractivity contribution in [2.45, 2.75) is 6.92 Å². The molecule has 2 nitrogen and oxygen atoms in total. The molecule has 0 saturated carbocycles. The first-order valence-electron chi connectivity index (χ1n) is 2.98. The zero-order valence-corrected chi connectivity index (χ0v) is 6.51. The maximum absolute atomic E-state index is 10.8. The highest BCUT2D eigenvalue weighted by molar-refractivity contribution is 5.87. The Morgan fingerprint density at radius 2 is 2.10 bits per heavy atom. The van der Waals surface area contributed by atoms with E-state index < -0.39 is 0 Å². The van der Waals surface area contributed by atoms with E-state index in [1.165, 1.54) is 11.0 Å². The Balaban J connectivity index is 3.86. The molecule has 0 spiro atoms. The molecule has 0 aliphatic heterocycles. The van der Waals surface area contributed by atoms with Crippen molar-refractivity contribution in [3.63, 3.8) is 0 Å². The van der Waals surface area contributed by atoms with E-state index in [1.807, 2.05) is 0 Å². The number of amides is 1. The van der Waals surface area contributed by atoms with E-state index in [-0.39, 0.29) is 5.91 Å². The topological polar surface area (TPSA) is 20.3 Å². The van der Waals surface area contributed by atoms with Gasteiger partial charge < -0.3 is 4.90 Å². The molecule has 0 heterocycles. The van der Waals surface area contributed by atoms with Crippen LogP contribution in [0.3, 0.4) is 0 Å². The highest BCUT2D eigenvalue weighted by Gasteiger charge is 1.93. The average Bonchev–Trinajstić information content (AvgIpc) is 1.88. The van der Waals surface area contributed by atoms with Crippen molar-refractivity contribution in [2.75, 3.05) is 14.1 Å². The lowest BCUT2D eigenvalue weighted by Gasteiger charge is -2.03. The minimum absolute atomic E-state index is 0.0391. The predicted octanol–water partition coefficient (Wildman–Crippen LogP) is 0.654. The van der Waals surface area contributed by atoms with E-state index in [0.717, 1.165) is 0 Å². The molecule has 0 unspecified atom stereocenters. The Bertz CT molecular complexity index is 193. The number of carbonyl (C=O) groups is 1. The molecule has 0 bridgehead atoms. The normalized spacial score (nSPS) is 8.70. The van der Waals surface area contributed by atoms with Crippen LogP contribution in [0.4, 0.5) is 0 Å². The Morgan fingerprint density at radius 3 is 2.50 bits per heavy atom. The molecule has 0 aliphatic rings. The molecule has 2 heteroatoms. The van der Waals surface area contributed by atoms with Gasteiger partial charge in [0.2, 0.25) is 5.91 Å². The second-order valence-electron chi connectivity index (χ2n) is 1.96. The number of carbonyl (C=O) groups excluding carboxylic acids is 1. The van der Waals surface area contributed by atoms with Gasteiger partial charge in [0.1, 0.15) is 0 Å². The van der Waals surface area contributed by atoms with Gasteiger partial charge in [-0.1, -0.05) is 5.92 Å². The SMILES string of the molecule is CC#C/C=C\C(=O)N(C)C. The lowest BCUT2D eigenvalue weighted by atomic mass is 10.4. The van der Waals surface area contributed by atoms with Gasteiger partial charge in [0, 0.05) is 20.2 Å². The summed E-state index contributed by atoms with van der Waals surface area (Å²) >= 11 is 0. The van der Waals surface area contributed by atoms with Gasteiger partial charge >= 0.3 is 0 Å². The van der Waals surface area contributed by atoms with Crippen molar-refractivity contribution in [1.82, 2.24) is 4.90 Å². The van der Waals surface area contributed by atoms with E-state index in [9.17, 15) is 4.79 Å². The van der Waals surface area contributed by atoms with Crippen molar-refractivity contribution in [1.29, 1.82) is 0 Å². The van der Waals surface area contributed by atoms with Gasteiger partial charge in [0.25, 0.3) is 0 Å². The molecule has 10 heavy (non-hydrogen) atoms. The molecule has 0 aromatic carbocycles. The summed E-state index contributed by atoms with van der Waals surface area (Å²) in [5.74, 6) is 5.27. The first-order valence-corrected chi connectivity index (χ1v) is 2.98. The minimum atomic E-state index is -0.0391. The third-order valence-electron chi connectivity index (χ3n) is 0.894. The summed E-state index contributed by atoms with van der Waals surface area (Å²) in [5.41, 5.74) is 0. The van der Waals surface area contributed by atoms with Crippen molar-refractivity contribution in [3.05, 3.63) is 12.2 Å². The molecule has 1 amide bonds. The van der Waals surface area contributed by atoms with Gasteiger partial charge in [-0.25, -0.2) is 0 Å². The van der Waals surface area contributed by atoms with Crippen molar-refractivity contribution >= 4 is 5.91 Å². The Hall–Kier alpha value is -1.23. The second-order valence-corrected chi connectivity index (χ2v) is 1.96. The summed E-state index contributed by atoms with van der Waals surface area (Å²) in [7, 11) is 3.40. The fourth-order valence-electron chi connectivity index (χ4n) is 0.345. The molecule has 0 fully saturated rings. The van der Waals surface area contributed by atoms with E-state index in [2.05, 4.69) is 11.8 Å². The Morgan fingerprint density at radius 1 is 1.50 bits per heavy atom. The van der Waals surface area contributed by atoms with Gasteiger partial charge in [-0.15, -0.1) is 5.92 Å². The maximum atomic E-state index is 10.8. The summed E-state index contributed by atoms with van der Waals surface area (Å²) in [5, 5.41) is 0. The maximum Gasteiger partial charge on any atom is 0.246 e. The fourth-order valence-corrected chi connectivity index (χ4v) is 0.345. The van der Waals surface area contributed by atoms with Crippen LogP contribution in [0.25, 0.3) is 0 Å². The van der Waals surface area contributed by atoms with E-state index in [4.69, 9.17) is 0 Å². The molecule has 0 aliphatic carbocycles. The highest BCUT2D eigenvalue weighted by atomic mass is 16.2. The van der Waals surface area contributed by atoms with E-state index in [0.29, 0.717) is 0 Å². The molecule has 0 aromatic rings. The summed E-state index contributed by atoms with van der Waals surface area (Å²) in [6.45, 7) is 1.73. The molecule has 0 rings (SSSR count). The summed E-state index contributed by atoms with van der Waals surface area (Å²) in [4.78, 5) is 12.3. The molecule has 54 valence electrons. The molecular formula is C8H11NO. The first-order chi connectivity index (χ1) is 4.68. The van der Waals surface area contributed by atoms with Gasteiger partial charge in [0.15, 0.2) is 0 Å². The molecule has 0 atom stereocenters. The zero-order valence-electron chi connectivity index (χ0n) is 6.51. The number of rotatable bonds is 1. The predicted molar refractivity (Wildman–Crippen MR) is 41.3 cm³/mol. The van der Waals surface area contributed by atoms with Gasteiger partial charge in [0.05, 0.1) is 0 Å². The molecule has 0 saturated heterocycles. The van der Waals surface area contributed by atoms with Gasteiger partial charge in [-0.3, -0.25) is 4.79 Å². The molecule has 0 aromatic heterocycles. The van der Waals surface area contributed by atoms with Crippen LogP contribution in [0, 0.1) is 11.8 Å². The summed E-state index contributed by atoms with van der Waals surface area (Å²) in [6, 6.07) is 0. The molecule has 0 radical (unpaired) electrons. The average molecular weight is 137 g/mol. The number of hydrogen-bond acceptors (Lipinski definition) is 1. The lowest BCUT2D eigenvalue weighted by molar-refractivity contribution is -0.123. The highest BCUT2D eigenvalue weighted by Crippen LogP contribution is 1.79. The second kappa shape index (κ2) is 4.63. The van der Waals surface area contributed by atoms with Crippen LogP contribution in [0.5, 0.6) is 0 Å². The Kier molecular flexibility index (Phi) is 4.06. The van der Waals surface area contributed by atoms with E-state index in [1.54, 1.807) is 27.1 Å². The fraction of sp³-hybridized carbons (Fsp3) is 0.375. The molecule has 0 N–H and O–H groups in total. The quantitative estimate of drug-likeness (QED) is 0.384. The van der Waals surface area contributed by atoms with Crippen LogP contribution in [0.2, 0.25) is 0 Å². The smallest absolute Gasteiger partial charge is 0.246 e. The van der Waals surface area contributed by atoms with Crippen molar-refractivity contribution in [3.8, 4) is 11.8 Å². The van der Waals surface area contributed by atoms with Gasteiger partial charge in [-0.2, -0.15) is 0 Å². The standard InChI is InChI=1S/C8H11NO/c1-4-5-6-7-8(10)9(2)3/h6-7H,1-3H3/b7-6-. The van der Waals surface area contributed by atoms with Crippen molar-refractivity contribution < 1.29 is 4.79 Å². The van der Waals surface area contributed by atoms with Crippen LogP contribution in [0.15, 0.2) is 12.2 Å². The zero-order chi connectivity index (χ0) is 7.98. The minimum Gasteiger partial charge on any atom is -0.345 e. The van der Waals surface area contributed by atoms with Crippen LogP contribution in [0.1, 0.15) is 6.92 Å². The number of likely N-dealkylation sites (N-methyl/N-ethyl adjacent to an activating group) is 1. The third kappa shape index (κ3) is 3.73. The van der Waals surface area contributed by atoms with Gasteiger partial charge in [-0.05, 0) is 13.0 Å².